The zero-order valence-corrected chi connectivity index (χ0v) is 13.0. The number of amides is 1. The molecule has 1 atom stereocenters. The highest BCUT2D eigenvalue weighted by atomic mass is 32.2. The van der Waals surface area contributed by atoms with Gasteiger partial charge in [-0.1, -0.05) is 19.1 Å². The predicted molar refractivity (Wildman–Crippen MR) is 80.2 cm³/mol. The van der Waals surface area contributed by atoms with Crippen molar-refractivity contribution in [3.8, 4) is 0 Å². The van der Waals surface area contributed by atoms with Crippen LogP contribution >= 0.6 is 0 Å². The molecule has 1 aromatic rings. The van der Waals surface area contributed by atoms with E-state index in [1.807, 2.05) is 26.0 Å². The van der Waals surface area contributed by atoms with Crippen LogP contribution in [0.5, 0.6) is 0 Å². The summed E-state index contributed by atoms with van der Waals surface area (Å²) in [6.45, 7) is 4.34. The summed E-state index contributed by atoms with van der Waals surface area (Å²) in [5.74, 6) is -0.0832. The molecule has 5 nitrogen and oxygen atoms in total. The number of rotatable bonds is 7. The molecule has 1 rings (SSSR count). The second-order valence-corrected chi connectivity index (χ2v) is 6.73. The molecule has 112 valence electrons. The topological polar surface area (TPSA) is 75.3 Å². The van der Waals surface area contributed by atoms with Gasteiger partial charge in [-0.2, -0.15) is 0 Å². The molecule has 20 heavy (non-hydrogen) atoms. The number of benzene rings is 1. The molecule has 0 aliphatic rings. The van der Waals surface area contributed by atoms with Crippen LogP contribution in [0.15, 0.2) is 24.3 Å². The molecule has 1 amide bonds. The molecule has 1 unspecified atom stereocenters. The summed E-state index contributed by atoms with van der Waals surface area (Å²) >= 11 is 0. The molecule has 0 bridgehead atoms. The lowest BCUT2D eigenvalue weighted by atomic mass is 10.1. The highest BCUT2D eigenvalue weighted by Crippen LogP contribution is 2.06. The van der Waals surface area contributed by atoms with Gasteiger partial charge in [0.1, 0.15) is 0 Å². The number of carbonyl (C=O) groups excluding carboxylic acids is 1. The summed E-state index contributed by atoms with van der Waals surface area (Å²) < 4.78 is 24.3. The van der Waals surface area contributed by atoms with Crippen molar-refractivity contribution in [2.45, 2.75) is 32.7 Å². The average Bonchev–Trinajstić information content (AvgIpc) is 2.37. The molecule has 0 radical (unpaired) electrons. The second kappa shape index (κ2) is 7.40. The maximum absolute atomic E-state index is 11.9. The normalized spacial score (nSPS) is 12.9. The summed E-state index contributed by atoms with van der Waals surface area (Å²) in [7, 11) is -3.15. The van der Waals surface area contributed by atoms with E-state index >= 15 is 0 Å². The van der Waals surface area contributed by atoms with E-state index in [1.54, 1.807) is 12.1 Å². The van der Waals surface area contributed by atoms with Gasteiger partial charge in [-0.25, -0.2) is 13.1 Å². The molecular weight excluding hydrogens is 276 g/mol. The van der Waals surface area contributed by atoms with Crippen LogP contribution in [0.4, 0.5) is 0 Å². The van der Waals surface area contributed by atoms with Crippen molar-refractivity contribution < 1.29 is 13.2 Å². The quantitative estimate of drug-likeness (QED) is 0.797. The molecule has 0 spiro atoms. The zero-order chi connectivity index (χ0) is 15.2. The van der Waals surface area contributed by atoms with Gasteiger partial charge in [0.25, 0.3) is 5.91 Å². The fourth-order valence-corrected chi connectivity index (χ4v) is 2.09. The summed E-state index contributed by atoms with van der Waals surface area (Å²) in [5.41, 5.74) is 1.60. The lowest BCUT2D eigenvalue weighted by molar-refractivity contribution is 0.0939. The minimum atomic E-state index is -3.15. The van der Waals surface area contributed by atoms with Gasteiger partial charge in [-0.3, -0.25) is 4.79 Å². The second-order valence-electron chi connectivity index (χ2n) is 4.90. The van der Waals surface area contributed by atoms with E-state index in [4.69, 9.17) is 0 Å². The minimum absolute atomic E-state index is 0.0832. The molecule has 0 heterocycles. The first kappa shape index (κ1) is 16.7. The van der Waals surface area contributed by atoms with Crippen LogP contribution in [-0.2, 0) is 16.4 Å². The van der Waals surface area contributed by atoms with Gasteiger partial charge >= 0.3 is 0 Å². The Labute approximate surface area is 120 Å². The lowest BCUT2D eigenvalue weighted by Gasteiger charge is -2.11. The van der Waals surface area contributed by atoms with Crippen LogP contribution in [0, 0.1) is 0 Å². The largest absolute Gasteiger partial charge is 0.350 e. The van der Waals surface area contributed by atoms with Crippen LogP contribution in [-0.4, -0.2) is 33.2 Å². The fourth-order valence-electron chi connectivity index (χ4n) is 1.61. The molecule has 0 aliphatic heterocycles. The average molecular weight is 298 g/mol. The van der Waals surface area contributed by atoms with Crippen LogP contribution in [0.2, 0.25) is 0 Å². The van der Waals surface area contributed by atoms with Crippen LogP contribution in [0.1, 0.15) is 36.2 Å². The highest BCUT2D eigenvalue weighted by molar-refractivity contribution is 7.88. The molecule has 6 heteroatoms. The Balaban J connectivity index is 2.54. The molecule has 1 aromatic carbocycles. The third-order valence-corrected chi connectivity index (χ3v) is 3.71. The van der Waals surface area contributed by atoms with Gasteiger partial charge in [-0.05, 0) is 37.5 Å². The van der Waals surface area contributed by atoms with E-state index in [0.717, 1.165) is 18.2 Å². The number of carbonyl (C=O) groups is 1. The van der Waals surface area contributed by atoms with E-state index in [2.05, 4.69) is 10.0 Å². The Bertz CT molecular complexity index is 538. The summed E-state index contributed by atoms with van der Waals surface area (Å²) in [4.78, 5) is 11.9. The third kappa shape index (κ3) is 6.16. The molecule has 0 aromatic heterocycles. The van der Waals surface area contributed by atoms with E-state index < -0.39 is 10.0 Å². The van der Waals surface area contributed by atoms with Crippen molar-refractivity contribution in [3.63, 3.8) is 0 Å². The zero-order valence-electron chi connectivity index (χ0n) is 12.1. The molecule has 0 fully saturated rings. The lowest BCUT2D eigenvalue weighted by Crippen LogP contribution is -2.31. The Morgan fingerprint density at radius 1 is 1.25 bits per heavy atom. The van der Waals surface area contributed by atoms with Gasteiger partial charge in [0.15, 0.2) is 0 Å². The van der Waals surface area contributed by atoms with Gasteiger partial charge in [0, 0.05) is 18.2 Å². The molecule has 0 saturated carbocycles. The van der Waals surface area contributed by atoms with Crippen LogP contribution in [0.3, 0.4) is 0 Å². The third-order valence-electron chi connectivity index (χ3n) is 2.98. The number of hydrogen-bond acceptors (Lipinski definition) is 3. The first-order chi connectivity index (χ1) is 9.31. The maximum Gasteiger partial charge on any atom is 0.251 e. The van der Waals surface area contributed by atoms with Crippen molar-refractivity contribution in [1.29, 1.82) is 0 Å². The minimum Gasteiger partial charge on any atom is -0.350 e. The smallest absolute Gasteiger partial charge is 0.251 e. The fraction of sp³-hybridized carbons (Fsp3) is 0.500. The Morgan fingerprint density at radius 3 is 2.35 bits per heavy atom. The number of hydrogen-bond donors (Lipinski definition) is 2. The van der Waals surface area contributed by atoms with Crippen LogP contribution in [0.25, 0.3) is 0 Å². The van der Waals surface area contributed by atoms with Crippen molar-refractivity contribution >= 4 is 15.9 Å². The van der Waals surface area contributed by atoms with Crippen molar-refractivity contribution in [1.82, 2.24) is 10.0 Å². The predicted octanol–water partition coefficient (Wildman–Crippen LogP) is 1.31. The molecule has 0 aliphatic carbocycles. The van der Waals surface area contributed by atoms with Crippen LogP contribution < -0.4 is 10.0 Å². The molecule has 0 saturated heterocycles. The first-order valence-corrected chi connectivity index (χ1v) is 8.55. The van der Waals surface area contributed by atoms with Gasteiger partial charge in [-0.15, -0.1) is 0 Å². The number of nitrogens with one attached hydrogen (secondary N) is 2. The summed E-state index contributed by atoms with van der Waals surface area (Å²) in [6.07, 6.45) is 2.62. The van der Waals surface area contributed by atoms with E-state index in [-0.39, 0.29) is 11.9 Å². The molecule has 2 N–H and O–H groups in total. The Morgan fingerprint density at radius 2 is 1.85 bits per heavy atom. The van der Waals surface area contributed by atoms with Crippen molar-refractivity contribution in [2.75, 3.05) is 12.8 Å². The maximum atomic E-state index is 11.9. The SMILES string of the molecule is CCC(C)NC(=O)c1ccc(CCNS(C)(=O)=O)cc1. The Kier molecular flexibility index (Phi) is 6.16. The van der Waals surface area contributed by atoms with E-state index in [9.17, 15) is 13.2 Å². The van der Waals surface area contributed by atoms with E-state index in [1.165, 1.54) is 0 Å². The van der Waals surface area contributed by atoms with Gasteiger partial charge in [0.2, 0.25) is 10.0 Å². The summed E-state index contributed by atoms with van der Waals surface area (Å²) in [6, 6.07) is 7.35. The monoisotopic (exact) mass is 298 g/mol. The number of sulfonamides is 1. The van der Waals surface area contributed by atoms with Gasteiger partial charge in [0.05, 0.1) is 6.26 Å². The standard InChI is InChI=1S/C14H22N2O3S/c1-4-11(2)16-14(17)13-7-5-12(6-8-13)9-10-15-20(3,18)19/h5-8,11,15H,4,9-10H2,1-3H3,(H,16,17). The van der Waals surface area contributed by atoms with Gasteiger partial charge < -0.3 is 5.32 Å². The van der Waals surface area contributed by atoms with E-state index in [0.29, 0.717) is 18.5 Å². The Hall–Kier alpha value is -1.40. The van der Waals surface area contributed by atoms with Crippen molar-refractivity contribution in [2.24, 2.45) is 0 Å². The highest BCUT2D eigenvalue weighted by Gasteiger charge is 2.08. The first-order valence-electron chi connectivity index (χ1n) is 6.66. The van der Waals surface area contributed by atoms with Crippen molar-refractivity contribution in [3.05, 3.63) is 35.4 Å². The summed E-state index contributed by atoms with van der Waals surface area (Å²) in [5, 5.41) is 2.90. The molecular formula is C14H22N2O3S.